The van der Waals surface area contributed by atoms with Crippen molar-refractivity contribution in [2.75, 3.05) is 18.0 Å². The van der Waals surface area contributed by atoms with Crippen molar-refractivity contribution in [1.29, 1.82) is 0 Å². The molecular weight excluding hydrogens is 264 g/mol. The van der Waals surface area contributed by atoms with Crippen molar-refractivity contribution in [1.82, 2.24) is 4.98 Å². The molecule has 0 radical (unpaired) electrons. The molecule has 1 aromatic rings. The Labute approximate surface area is 127 Å². The van der Waals surface area contributed by atoms with Gasteiger partial charge in [0, 0.05) is 18.8 Å². The van der Waals surface area contributed by atoms with E-state index in [1.165, 1.54) is 0 Å². The van der Waals surface area contributed by atoms with Crippen LogP contribution in [0.2, 0.25) is 0 Å². The van der Waals surface area contributed by atoms with Crippen LogP contribution < -0.4 is 4.90 Å². The third-order valence-corrected chi connectivity index (χ3v) is 4.58. The minimum absolute atomic E-state index is 0.364. The lowest BCUT2D eigenvalue weighted by Gasteiger charge is -2.28. The number of hydrogen-bond donors (Lipinski definition) is 1. The van der Waals surface area contributed by atoms with Crippen LogP contribution in [0.4, 0.5) is 5.82 Å². The molecule has 116 valence electrons. The number of aromatic nitrogens is 1. The number of pyridine rings is 1. The minimum atomic E-state index is -0.866. The second-order valence-electron chi connectivity index (χ2n) is 5.85. The summed E-state index contributed by atoms with van der Waals surface area (Å²) >= 11 is 0. The smallest absolute Gasteiger partial charge is 0.339 e. The van der Waals surface area contributed by atoms with Gasteiger partial charge in [-0.1, -0.05) is 26.7 Å². The van der Waals surface area contributed by atoms with Gasteiger partial charge in [0.1, 0.15) is 11.4 Å². The molecule has 21 heavy (non-hydrogen) atoms. The van der Waals surface area contributed by atoms with E-state index >= 15 is 0 Å². The molecule has 0 saturated carbocycles. The molecule has 2 rings (SSSR count). The highest BCUT2D eigenvalue weighted by Crippen LogP contribution is 2.28. The highest BCUT2D eigenvalue weighted by molar-refractivity contribution is 5.93. The molecule has 0 bridgehead atoms. The number of rotatable bonds is 7. The zero-order valence-corrected chi connectivity index (χ0v) is 13.4. The van der Waals surface area contributed by atoms with Crippen LogP contribution in [0, 0.1) is 5.92 Å². The van der Waals surface area contributed by atoms with E-state index in [2.05, 4.69) is 25.7 Å². The van der Waals surface area contributed by atoms with E-state index in [0.717, 1.165) is 56.5 Å². The topological polar surface area (TPSA) is 53.4 Å². The molecule has 4 heteroatoms. The largest absolute Gasteiger partial charge is 0.478 e. The summed E-state index contributed by atoms with van der Waals surface area (Å²) < 4.78 is 0. The number of carbonyl (C=O) groups is 1. The van der Waals surface area contributed by atoms with Crippen molar-refractivity contribution < 1.29 is 9.90 Å². The summed E-state index contributed by atoms with van der Waals surface area (Å²) in [5.74, 6) is 0.384. The van der Waals surface area contributed by atoms with Gasteiger partial charge in [-0.3, -0.25) is 0 Å². The average Bonchev–Trinajstić information content (AvgIpc) is 2.94. The zero-order chi connectivity index (χ0) is 15.4. The molecule has 1 aromatic heterocycles. The summed E-state index contributed by atoms with van der Waals surface area (Å²) in [6, 6.07) is 1.85. The van der Waals surface area contributed by atoms with Crippen molar-refractivity contribution in [2.24, 2.45) is 5.92 Å². The summed E-state index contributed by atoms with van der Waals surface area (Å²) in [5, 5.41) is 9.52. The zero-order valence-electron chi connectivity index (χ0n) is 13.4. The number of aryl methyl sites for hydroxylation is 2. The Kier molecular flexibility index (Phi) is 5.21. The Balaban J connectivity index is 2.37. The Morgan fingerprint density at radius 1 is 1.33 bits per heavy atom. The van der Waals surface area contributed by atoms with E-state index in [9.17, 15) is 9.90 Å². The van der Waals surface area contributed by atoms with Gasteiger partial charge in [-0.05, 0) is 43.7 Å². The van der Waals surface area contributed by atoms with Crippen molar-refractivity contribution in [3.05, 3.63) is 22.9 Å². The van der Waals surface area contributed by atoms with E-state index in [0.29, 0.717) is 17.3 Å². The van der Waals surface area contributed by atoms with Crippen LogP contribution in [0.15, 0.2) is 6.07 Å². The minimum Gasteiger partial charge on any atom is -0.478 e. The summed E-state index contributed by atoms with van der Waals surface area (Å²) in [7, 11) is 0. The fraction of sp³-hybridized carbons (Fsp3) is 0.647. The van der Waals surface area contributed by atoms with Crippen LogP contribution in [0.5, 0.6) is 0 Å². The molecule has 1 aliphatic rings. The lowest BCUT2D eigenvalue weighted by molar-refractivity contribution is 0.0697. The SMILES string of the molecule is CCC(CC)CN(CC)c1nc2c(cc1C(=O)O)CCC2. The number of anilines is 1. The van der Waals surface area contributed by atoms with Crippen LogP contribution in [0.3, 0.4) is 0 Å². The maximum atomic E-state index is 11.6. The van der Waals surface area contributed by atoms with Crippen molar-refractivity contribution in [2.45, 2.75) is 52.9 Å². The molecule has 0 fully saturated rings. The molecule has 1 N–H and O–H groups in total. The molecule has 0 aromatic carbocycles. The Morgan fingerprint density at radius 2 is 2.05 bits per heavy atom. The first-order valence-corrected chi connectivity index (χ1v) is 8.11. The third-order valence-electron chi connectivity index (χ3n) is 4.58. The summed E-state index contributed by atoms with van der Waals surface area (Å²) in [6.07, 6.45) is 5.25. The molecule has 0 atom stereocenters. The highest BCUT2D eigenvalue weighted by Gasteiger charge is 2.23. The molecule has 1 heterocycles. The molecule has 1 aliphatic carbocycles. The predicted molar refractivity (Wildman–Crippen MR) is 85.2 cm³/mol. The first-order chi connectivity index (χ1) is 10.1. The van der Waals surface area contributed by atoms with Gasteiger partial charge in [-0.25, -0.2) is 9.78 Å². The average molecular weight is 290 g/mol. The number of aromatic carboxylic acids is 1. The third kappa shape index (κ3) is 3.36. The number of carboxylic acid groups (broad SMARTS) is 1. The first-order valence-electron chi connectivity index (χ1n) is 8.11. The number of carboxylic acids is 1. The highest BCUT2D eigenvalue weighted by atomic mass is 16.4. The van der Waals surface area contributed by atoms with Gasteiger partial charge < -0.3 is 10.0 Å². The molecule has 0 aliphatic heterocycles. The fourth-order valence-corrected chi connectivity index (χ4v) is 3.08. The molecule has 0 saturated heterocycles. The molecule has 0 spiro atoms. The van der Waals surface area contributed by atoms with Crippen molar-refractivity contribution >= 4 is 11.8 Å². The number of nitrogens with zero attached hydrogens (tertiary/aromatic N) is 2. The predicted octanol–water partition coefficient (Wildman–Crippen LogP) is 3.53. The maximum absolute atomic E-state index is 11.6. The van der Waals surface area contributed by atoms with Crippen LogP contribution in [0.25, 0.3) is 0 Å². The Morgan fingerprint density at radius 3 is 2.62 bits per heavy atom. The lowest BCUT2D eigenvalue weighted by atomic mass is 10.0. The van der Waals surface area contributed by atoms with Gasteiger partial charge >= 0.3 is 5.97 Å². The number of fused-ring (bicyclic) bond motifs is 1. The Bertz CT molecular complexity index is 510. The van der Waals surface area contributed by atoms with Gasteiger partial charge in [0.15, 0.2) is 0 Å². The fourth-order valence-electron chi connectivity index (χ4n) is 3.08. The van der Waals surface area contributed by atoms with E-state index in [1.54, 1.807) is 0 Å². The monoisotopic (exact) mass is 290 g/mol. The van der Waals surface area contributed by atoms with Crippen molar-refractivity contribution in [3.8, 4) is 0 Å². The Hall–Kier alpha value is -1.58. The molecule has 0 amide bonds. The normalized spacial score (nSPS) is 13.5. The van der Waals surface area contributed by atoms with Crippen LogP contribution in [0.1, 0.15) is 61.6 Å². The van der Waals surface area contributed by atoms with Crippen LogP contribution in [-0.4, -0.2) is 29.1 Å². The second-order valence-corrected chi connectivity index (χ2v) is 5.85. The summed E-state index contributed by atoms with van der Waals surface area (Å²) in [5.41, 5.74) is 2.58. The van der Waals surface area contributed by atoms with Crippen LogP contribution in [-0.2, 0) is 12.8 Å². The van der Waals surface area contributed by atoms with E-state index in [4.69, 9.17) is 4.98 Å². The molecular formula is C17H26N2O2. The van der Waals surface area contributed by atoms with Gasteiger partial charge in [0.25, 0.3) is 0 Å². The van der Waals surface area contributed by atoms with Crippen LogP contribution >= 0.6 is 0 Å². The maximum Gasteiger partial charge on any atom is 0.339 e. The lowest BCUT2D eigenvalue weighted by Crippen LogP contribution is -2.31. The number of hydrogen-bond acceptors (Lipinski definition) is 3. The van der Waals surface area contributed by atoms with E-state index in [1.807, 2.05) is 6.07 Å². The van der Waals surface area contributed by atoms with Gasteiger partial charge in [0.2, 0.25) is 0 Å². The first kappa shape index (κ1) is 15.8. The summed E-state index contributed by atoms with van der Waals surface area (Å²) in [6.45, 7) is 8.13. The summed E-state index contributed by atoms with van der Waals surface area (Å²) in [4.78, 5) is 18.5. The van der Waals surface area contributed by atoms with Crippen molar-refractivity contribution in [3.63, 3.8) is 0 Å². The second kappa shape index (κ2) is 6.92. The molecule has 0 unspecified atom stereocenters. The van der Waals surface area contributed by atoms with Gasteiger partial charge in [-0.15, -0.1) is 0 Å². The van der Waals surface area contributed by atoms with Gasteiger partial charge in [0.05, 0.1) is 0 Å². The quantitative estimate of drug-likeness (QED) is 0.834. The molecule has 4 nitrogen and oxygen atoms in total. The van der Waals surface area contributed by atoms with E-state index in [-0.39, 0.29) is 0 Å². The van der Waals surface area contributed by atoms with Gasteiger partial charge in [-0.2, -0.15) is 0 Å². The standard InChI is InChI=1S/C17H26N2O2/c1-4-12(5-2)11-19(6-3)16-14(17(20)21)10-13-8-7-9-15(13)18-16/h10,12H,4-9,11H2,1-3H3,(H,20,21). The van der Waals surface area contributed by atoms with E-state index < -0.39 is 5.97 Å².